The molecule has 0 heterocycles. The van der Waals surface area contributed by atoms with Crippen LogP contribution in [0.2, 0.25) is 0 Å². The number of hydrogen-bond donors (Lipinski definition) is 3. The molecule has 24 heavy (non-hydrogen) atoms. The van der Waals surface area contributed by atoms with Gasteiger partial charge in [-0.05, 0) is 50.1 Å². The molecule has 0 saturated heterocycles. The van der Waals surface area contributed by atoms with E-state index in [4.69, 9.17) is 4.74 Å². The Bertz CT molecular complexity index is 692. The van der Waals surface area contributed by atoms with Crippen LogP contribution in [0.3, 0.4) is 0 Å². The minimum absolute atomic E-state index is 0.0619. The maximum absolute atomic E-state index is 12.1. The summed E-state index contributed by atoms with van der Waals surface area (Å²) in [6.45, 7) is 5.39. The second-order valence-electron chi connectivity index (χ2n) is 6.63. The molecule has 0 aliphatic rings. The quantitative estimate of drug-likeness (QED) is 0.743. The third-order valence-electron chi connectivity index (χ3n) is 3.38. The fourth-order valence-corrected chi connectivity index (χ4v) is 2.34. The topological polar surface area (TPSA) is 78.8 Å². The first-order valence-corrected chi connectivity index (χ1v) is 7.80. The molecule has 0 saturated carbocycles. The molecule has 0 bridgehead atoms. The third kappa shape index (κ3) is 5.19. The largest absolute Gasteiger partial charge is 0.508 e. The van der Waals surface area contributed by atoms with Gasteiger partial charge in [-0.3, -0.25) is 0 Å². The van der Waals surface area contributed by atoms with Crippen LogP contribution in [0.15, 0.2) is 48.5 Å². The number of hydrogen-bond acceptors (Lipinski definition) is 4. The Hall–Kier alpha value is -2.69. The number of rotatable bonds is 4. The number of aromatic hydroxyl groups is 2. The van der Waals surface area contributed by atoms with Crippen LogP contribution >= 0.6 is 0 Å². The van der Waals surface area contributed by atoms with E-state index in [-0.39, 0.29) is 11.5 Å². The van der Waals surface area contributed by atoms with Crippen LogP contribution in [-0.2, 0) is 11.2 Å². The summed E-state index contributed by atoms with van der Waals surface area (Å²) < 4.78 is 5.32. The molecule has 2 rings (SSSR count). The van der Waals surface area contributed by atoms with Crippen molar-refractivity contribution in [2.24, 2.45) is 0 Å². The predicted octanol–water partition coefficient (Wildman–Crippen LogP) is 3.91. The molecule has 0 fully saturated rings. The molecule has 2 aromatic rings. The van der Waals surface area contributed by atoms with Crippen LogP contribution in [0.4, 0.5) is 4.79 Å². The van der Waals surface area contributed by atoms with Crippen molar-refractivity contribution in [1.82, 2.24) is 5.32 Å². The van der Waals surface area contributed by atoms with E-state index in [1.54, 1.807) is 20.8 Å². The van der Waals surface area contributed by atoms with Crippen LogP contribution in [0, 0.1) is 0 Å². The van der Waals surface area contributed by atoms with Crippen molar-refractivity contribution in [2.45, 2.75) is 38.8 Å². The predicted molar refractivity (Wildman–Crippen MR) is 92.0 cm³/mol. The van der Waals surface area contributed by atoms with Gasteiger partial charge in [0.05, 0.1) is 6.04 Å². The summed E-state index contributed by atoms with van der Waals surface area (Å²) in [5.74, 6) is 0.131. The SMILES string of the molecule is CC(C)(C)OC(=O)NC(Cc1cc(O)ccc1O)c1ccccc1. The second kappa shape index (κ2) is 7.25. The molecule has 3 N–H and O–H groups in total. The fourth-order valence-electron chi connectivity index (χ4n) is 2.34. The van der Waals surface area contributed by atoms with Crippen LogP contribution in [0.5, 0.6) is 11.5 Å². The Morgan fingerprint density at radius 2 is 1.79 bits per heavy atom. The van der Waals surface area contributed by atoms with Gasteiger partial charge in [0.15, 0.2) is 0 Å². The number of amides is 1. The highest BCUT2D eigenvalue weighted by Gasteiger charge is 2.21. The number of ether oxygens (including phenoxy) is 1. The van der Waals surface area contributed by atoms with Crippen molar-refractivity contribution in [2.75, 3.05) is 0 Å². The lowest BCUT2D eigenvalue weighted by atomic mass is 9.98. The number of phenolic OH excluding ortho intramolecular Hbond substituents is 2. The van der Waals surface area contributed by atoms with E-state index >= 15 is 0 Å². The zero-order valence-corrected chi connectivity index (χ0v) is 14.1. The van der Waals surface area contributed by atoms with E-state index in [2.05, 4.69) is 5.32 Å². The summed E-state index contributed by atoms with van der Waals surface area (Å²) in [4.78, 5) is 12.1. The Kier molecular flexibility index (Phi) is 5.34. The highest BCUT2D eigenvalue weighted by atomic mass is 16.6. The average molecular weight is 329 g/mol. The first-order valence-electron chi connectivity index (χ1n) is 7.80. The minimum atomic E-state index is -0.599. The van der Waals surface area contributed by atoms with E-state index in [0.29, 0.717) is 12.0 Å². The molecule has 5 nitrogen and oxygen atoms in total. The molecule has 1 amide bonds. The Balaban J connectivity index is 2.23. The number of benzene rings is 2. The van der Waals surface area contributed by atoms with Gasteiger partial charge in [-0.2, -0.15) is 0 Å². The Labute approximate surface area is 141 Å². The van der Waals surface area contributed by atoms with Gasteiger partial charge in [-0.1, -0.05) is 30.3 Å². The molecule has 0 spiro atoms. The molecule has 128 valence electrons. The number of carbonyl (C=O) groups is 1. The van der Waals surface area contributed by atoms with Gasteiger partial charge >= 0.3 is 6.09 Å². The normalized spacial score (nSPS) is 12.5. The molecule has 0 radical (unpaired) electrons. The van der Waals surface area contributed by atoms with Crippen LogP contribution in [0.1, 0.15) is 37.9 Å². The summed E-state index contributed by atoms with van der Waals surface area (Å²) in [5, 5.41) is 22.5. The summed E-state index contributed by atoms with van der Waals surface area (Å²) >= 11 is 0. The van der Waals surface area contributed by atoms with Gasteiger partial charge in [0.25, 0.3) is 0 Å². The summed E-state index contributed by atoms with van der Waals surface area (Å²) in [7, 11) is 0. The lowest BCUT2D eigenvalue weighted by Gasteiger charge is -2.24. The maximum atomic E-state index is 12.1. The highest BCUT2D eigenvalue weighted by molar-refractivity contribution is 5.68. The van der Waals surface area contributed by atoms with E-state index in [9.17, 15) is 15.0 Å². The van der Waals surface area contributed by atoms with E-state index < -0.39 is 17.7 Å². The number of phenols is 2. The molecule has 1 unspecified atom stereocenters. The summed E-state index contributed by atoms with van der Waals surface area (Å²) in [5.41, 5.74) is 0.823. The molecular weight excluding hydrogens is 306 g/mol. The molecule has 0 aliphatic carbocycles. The third-order valence-corrected chi connectivity index (χ3v) is 3.38. The van der Waals surface area contributed by atoms with E-state index in [0.717, 1.165) is 5.56 Å². The van der Waals surface area contributed by atoms with Crippen molar-refractivity contribution in [3.63, 3.8) is 0 Å². The van der Waals surface area contributed by atoms with Gasteiger partial charge in [-0.15, -0.1) is 0 Å². The molecule has 2 aromatic carbocycles. The minimum Gasteiger partial charge on any atom is -0.508 e. The van der Waals surface area contributed by atoms with Crippen molar-refractivity contribution in [3.8, 4) is 11.5 Å². The van der Waals surface area contributed by atoms with Crippen LogP contribution in [0.25, 0.3) is 0 Å². The molecule has 0 aliphatic heterocycles. The molecular formula is C19H23NO4. The van der Waals surface area contributed by atoms with E-state index in [1.807, 2.05) is 30.3 Å². The first kappa shape index (κ1) is 17.7. The Morgan fingerprint density at radius 1 is 1.12 bits per heavy atom. The summed E-state index contributed by atoms with van der Waals surface area (Å²) in [6.07, 6.45) is -0.209. The smallest absolute Gasteiger partial charge is 0.408 e. The van der Waals surface area contributed by atoms with Crippen molar-refractivity contribution < 1.29 is 19.7 Å². The van der Waals surface area contributed by atoms with Gasteiger partial charge in [0, 0.05) is 6.42 Å². The van der Waals surface area contributed by atoms with Crippen LogP contribution in [-0.4, -0.2) is 21.9 Å². The maximum Gasteiger partial charge on any atom is 0.408 e. The first-order chi connectivity index (χ1) is 11.2. The zero-order chi connectivity index (χ0) is 17.7. The standard InChI is InChI=1S/C19H23NO4/c1-19(2,3)24-18(23)20-16(13-7-5-4-6-8-13)12-14-11-15(21)9-10-17(14)22/h4-11,16,21-22H,12H2,1-3H3,(H,20,23). The van der Waals surface area contributed by atoms with Gasteiger partial charge < -0.3 is 20.3 Å². The number of carbonyl (C=O) groups excluding carboxylic acids is 1. The van der Waals surface area contributed by atoms with Crippen LogP contribution < -0.4 is 5.32 Å². The average Bonchev–Trinajstić information content (AvgIpc) is 2.49. The molecule has 5 heteroatoms. The fraction of sp³-hybridized carbons (Fsp3) is 0.316. The van der Waals surface area contributed by atoms with Gasteiger partial charge in [0.1, 0.15) is 17.1 Å². The lowest BCUT2D eigenvalue weighted by Crippen LogP contribution is -2.35. The summed E-state index contributed by atoms with van der Waals surface area (Å²) in [6, 6.07) is 13.4. The van der Waals surface area contributed by atoms with Gasteiger partial charge in [0.2, 0.25) is 0 Å². The van der Waals surface area contributed by atoms with Crippen molar-refractivity contribution in [3.05, 3.63) is 59.7 Å². The zero-order valence-electron chi connectivity index (χ0n) is 14.1. The monoisotopic (exact) mass is 329 g/mol. The molecule has 0 aromatic heterocycles. The van der Waals surface area contributed by atoms with Crippen molar-refractivity contribution in [1.29, 1.82) is 0 Å². The highest BCUT2D eigenvalue weighted by Crippen LogP contribution is 2.27. The van der Waals surface area contributed by atoms with Gasteiger partial charge in [-0.25, -0.2) is 4.79 Å². The molecule has 1 atom stereocenters. The second-order valence-corrected chi connectivity index (χ2v) is 6.63. The number of nitrogens with one attached hydrogen (secondary N) is 1. The number of alkyl carbamates (subject to hydrolysis) is 1. The van der Waals surface area contributed by atoms with Crippen molar-refractivity contribution >= 4 is 6.09 Å². The lowest BCUT2D eigenvalue weighted by molar-refractivity contribution is 0.0503. The Morgan fingerprint density at radius 3 is 2.42 bits per heavy atom. The van der Waals surface area contributed by atoms with E-state index in [1.165, 1.54) is 18.2 Å².